The van der Waals surface area contributed by atoms with Crippen LogP contribution in [0.5, 0.6) is 0 Å². The molecule has 13 heteroatoms. The van der Waals surface area contributed by atoms with Crippen molar-refractivity contribution in [2.45, 2.75) is 83.0 Å². The Hall–Kier alpha value is -3.55. The minimum absolute atomic E-state index is 0.0990. The normalized spacial score (nSPS) is 20.6. The number of anilines is 1. The Morgan fingerprint density at radius 3 is 2.41 bits per heavy atom. The molecule has 5 rings (SSSR count). The molecule has 3 heterocycles. The molecule has 0 bridgehead atoms. The molecular weight excluding hydrogens is 620 g/mol. The topological polar surface area (TPSA) is 85.7 Å². The number of nitrogens with one attached hydrogen (secondary N) is 1. The Morgan fingerprint density at radius 1 is 1.13 bits per heavy atom. The van der Waals surface area contributed by atoms with Gasteiger partial charge in [0.1, 0.15) is 17.7 Å². The molecule has 2 aliphatic heterocycles. The van der Waals surface area contributed by atoms with Gasteiger partial charge in [0.25, 0.3) is 11.8 Å². The number of alkyl halides is 3. The monoisotopic (exact) mass is 660 g/mol. The molecule has 1 N–H and O–H groups in total. The van der Waals surface area contributed by atoms with Crippen LogP contribution in [0.4, 0.5) is 23.4 Å². The van der Waals surface area contributed by atoms with Crippen LogP contribution in [0.1, 0.15) is 78.8 Å². The smallest absolute Gasteiger partial charge is 0.411 e. The fourth-order valence-corrected chi connectivity index (χ4v) is 6.67. The predicted molar refractivity (Wildman–Crippen MR) is 168 cm³/mol. The molecule has 0 aliphatic carbocycles. The molecule has 248 valence electrons. The zero-order chi connectivity index (χ0) is 33.6. The lowest BCUT2D eigenvalue weighted by molar-refractivity contribution is -0.137. The predicted octanol–water partition coefficient (Wildman–Crippen LogP) is 6.82. The largest absolute Gasteiger partial charge is 0.416 e. The van der Waals surface area contributed by atoms with E-state index >= 15 is 0 Å². The fraction of sp³-hybridized carbons (Fsp3) is 0.485. The van der Waals surface area contributed by atoms with Gasteiger partial charge in [0.15, 0.2) is 8.32 Å². The molecule has 3 aromatic rings. The summed E-state index contributed by atoms with van der Waals surface area (Å²) in [5.41, 5.74) is 0.539. The van der Waals surface area contributed by atoms with Crippen LogP contribution in [0.15, 0.2) is 48.5 Å². The van der Waals surface area contributed by atoms with Gasteiger partial charge in [-0.25, -0.2) is 9.07 Å². The highest BCUT2D eigenvalue weighted by molar-refractivity contribution is 6.74. The molecule has 0 spiro atoms. The Morgan fingerprint density at radius 2 is 1.83 bits per heavy atom. The van der Waals surface area contributed by atoms with Gasteiger partial charge in [0.05, 0.1) is 30.5 Å². The minimum Gasteiger partial charge on any atom is -0.411 e. The van der Waals surface area contributed by atoms with E-state index in [0.29, 0.717) is 42.3 Å². The van der Waals surface area contributed by atoms with Crippen molar-refractivity contribution in [2.75, 3.05) is 24.7 Å². The van der Waals surface area contributed by atoms with E-state index in [2.05, 4.69) is 39.2 Å². The zero-order valence-electron chi connectivity index (χ0n) is 26.9. The molecule has 2 aliphatic rings. The van der Waals surface area contributed by atoms with Crippen molar-refractivity contribution in [3.05, 3.63) is 82.3 Å². The number of amides is 2. The summed E-state index contributed by atoms with van der Waals surface area (Å²) in [6.45, 7) is 13.7. The zero-order valence-corrected chi connectivity index (χ0v) is 27.9. The molecule has 1 fully saturated rings. The van der Waals surface area contributed by atoms with E-state index in [1.807, 2.05) is 4.68 Å². The number of hydrogen-bond acceptors (Lipinski definition) is 5. The molecule has 1 unspecified atom stereocenters. The lowest BCUT2D eigenvalue weighted by Crippen LogP contribution is -2.55. The highest BCUT2D eigenvalue weighted by atomic mass is 28.4. The number of rotatable bonds is 8. The van der Waals surface area contributed by atoms with Crippen molar-refractivity contribution in [3.63, 3.8) is 0 Å². The van der Waals surface area contributed by atoms with Gasteiger partial charge in [-0.1, -0.05) is 39.0 Å². The summed E-state index contributed by atoms with van der Waals surface area (Å²) in [5.74, 6) is -2.06. The number of likely N-dealkylation sites (N-methyl/N-ethyl adjacent to an activating group) is 1. The number of benzene rings is 2. The number of fused-ring (bicyclic) bond motifs is 1. The second-order valence-corrected chi connectivity index (χ2v) is 18.1. The number of carbonyl (C=O) groups excluding carboxylic acids is 2. The first-order chi connectivity index (χ1) is 21.5. The average molecular weight is 661 g/mol. The van der Waals surface area contributed by atoms with Gasteiger partial charge in [-0.2, -0.15) is 18.3 Å². The van der Waals surface area contributed by atoms with Crippen molar-refractivity contribution in [3.8, 4) is 0 Å². The number of nitrogens with zero attached hydrogens (tertiary/aromatic N) is 3. The molecule has 0 saturated carbocycles. The van der Waals surface area contributed by atoms with Gasteiger partial charge < -0.3 is 14.5 Å². The lowest BCUT2D eigenvalue weighted by Gasteiger charge is -2.39. The van der Waals surface area contributed by atoms with Crippen molar-refractivity contribution < 1.29 is 36.3 Å². The molecule has 1 saturated heterocycles. The summed E-state index contributed by atoms with van der Waals surface area (Å²) in [5, 5.41) is 7.67. The maximum Gasteiger partial charge on any atom is 0.416 e. The molecule has 0 radical (unpaired) electrons. The highest BCUT2D eigenvalue weighted by Crippen LogP contribution is 2.45. The van der Waals surface area contributed by atoms with Gasteiger partial charge in [-0.3, -0.25) is 14.5 Å². The van der Waals surface area contributed by atoms with Crippen LogP contribution in [-0.2, 0) is 26.7 Å². The number of halogens is 4. The highest BCUT2D eigenvalue weighted by Gasteiger charge is 2.47. The van der Waals surface area contributed by atoms with Crippen molar-refractivity contribution in [1.82, 2.24) is 15.1 Å². The van der Waals surface area contributed by atoms with E-state index in [1.54, 1.807) is 24.0 Å². The first kappa shape index (κ1) is 33.8. The van der Waals surface area contributed by atoms with Crippen LogP contribution in [0.3, 0.4) is 0 Å². The van der Waals surface area contributed by atoms with Gasteiger partial charge in [0, 0.05) is 30.2 Å². The van der Waals surface area contributed by atoms with Gasteiger partial charge in [-0.05, 0) is 67.4 Å². The van der Waals surface area contributed by atoms with Crippen LogP contribution in [0.25, 0.3) is 0 Å². The number of ether oxygens (including phenoxy) is 1. The maximum absolute atomic E-state index is 14.3. The third-order valence-electron chi connectivity index (χ3n) is 9.34. The molecule has 2 amide bonds. The average Bonchev–Trinajstić information content (AvgIpc) is 3.65. The van der Waals surface area contributed by atoms with Crippen LogP contribution >= 0.6 is 0 Å². The summed E-state index contributed by atoms with van der Waals surface area (Å²) in [6.07, 6.45) is -3.97. The Bertz CT molecular complexity index is 1590. The number of aromatic nitrogens is 2. The van der Waals surface area contributed by atoms with E-state index in [9.17, 15) is 27.2 Å². The molecular formula is C33H40F4N4O4Si. The number of hydrogen-bond donors (Lipinski definition) is 1. The van der Waals surface area contributed by atoms with Gasteiger partial charge >= 0.3 is 6.18 Å². The molecule has 1 aromatic heterocycles. The van der Waals surface area contributed by atoms with Crippen molar-refractivity contribution in [1.29, 1.82) is 0 Å². The minimum atomic E-state index is -4.65. The van der Waals surface area contributed by atoms with Crippen LogP contribution in [0, 0.1) is 5.82 Å². The van der Waals surface area contributed by atoms with Crippen LogP contribution in [0.2, 0.25) is 18.1 Å². The molecule has 3 atom stereocenters. The van der Waals surface area contributed by atoms with Crippen molar-refractivity contribution >= 4 is 25.9 Å². The Labute approximate surface area is 267 Å². The molecule has 46 heavy (non-hydrogen) atoms. The fourth-order valence-electron chi connectivity index (χ4n) is 5.74. The Kier molecular flexibility index (Phi) is 9.24. The van der Waals surface area contributed by atoms with E-state index in [4.69, 9.17) is 14.3 Å². The molecule has 8 nitrogen and oxygen atoms in total. The van der Waals surface area contributed by atoms with Gasteiger partial charge in [-0.15, -0.1) is 0 Å². The van der Waals surface area contributed by atoms with E-state index in [1.165, 1.54) is 18.2 Å². The standard InChI is InChI=1S/C33H40F4N4O4Si/c1-7-40-30-27(25(19-45-46(5,6)32(2,3)4)39-41(30)24-15-16-44-18-24)26(20-11-13-23(34)14-12-20)28(31(40)43)38-29(42)21-9-8-10-22(17-21)33(35,36)37/h8-14,17,24,26,28H,7,15-16,18-19H2,1-6H3,(H,38,42)/t24?,26-,28-/m1/s1. The van der Waals surface area contributed by atoms with E-state index in [0.717, 1.165) is 18.2 Å². The third kappa shape index (κ3) is 6.49. The van der Waals surface area contributed by atoms with E-state index in [-0.39, 0.29) is 29.8 Å². The first-order valence-electron chi connectivity index (χ1n) is 15.4. The number of carbonyl (C=O) groups is 2. The SMILES string of the molecule is CCN1C(=O)[C@H](NC(=O)c2cccc(C(F)(F)F)c2)[C@H](c2ccc(F)cc2)c2c(CO[Si](C)(C)C(C)(C)C)nn(C3CCOC3)c21. The quantitative estimate of drug-likeness (QED) is 0.212. The van der Waals surface area contributed by atoms with Gasteiger partial charge in [0.2, 0.25) is 0 Å². The van der Waals surface area contributed by atoms with Crippen molar-refractivity contribution in [2.24, 2.45) is 0 Å². The first-order valence-corrected chi connectivity index (χ1v) is 18.3. The van der Waals surface area contributed by atoms with E-state index < -0.39 is 49.6 Å². The summed E-state index contributed by atoms with van der Waals surface area (Å²) in [6, 6.07) is 8.33. The Balaban J connectivity index is 1.67. The third-order valence-corrected chi connectivity index (χ3v) is 13.8. The summed E-state index contributed by atoms with van der Waals surface area (Å²) in [4.78, 5) is 29.5. The van der Waals surface area contributed by atoms with Crippen LogP contribution < -0.4 is 10.2 Å². The summed E-state index contributed by atoms with van der Waals surface area (Å²) in [7, 11) is -2.28. The second kappa shape index (κ2) is 12.6. The molecule has 2 aromatic carbocycles. The maximum atomic E-state index is 14.3. The summed E-state index contributed by atoms with van der Waals surface area (Å²) >= 11 is 0. The van der Waals surface area contributed by atoms with Crippen LogP contribution in [-0.4, -0.2) is 55.7 Å². The second-order valence-electron chi connectivity index (χ2n) is 13.3. The summed E-state index contributed by atoms with van der Waals surface area (Å²) < 4.78 is 68.8. The lowest BCUT2D eigenvalue weighted by atomic mass is 9.81.